The van der Waals surface area contributed by atoms with E-state index in [0.29, 0.717) is 16.7 Å². The summed E-state index contributed by atoms with van der Waals surface area (Å²) < 4.78 is 0. The van der Waals surface area contributed by atoms with E-state index in [9.17, 15) is 0 Å². The molecule has 0 amide bonds. The van der Waals surface area contributed by atoms with Crippen LogP contribution in [-0.4, -0.2) is 27.8 Å². The zero-order valence-corrected chi connectivity index (χ0v) is 14.6. The Morgan fingerprint density at radius 1 is 1.24 bits per heavy atom. The quantitative estimate of drug-likeness (QED) is 0.829. The van der Waals surface area contributed by atoms with Crippen molar-refractivity contribution in [2.45, 2.75) is 69.8 Å². The second-order valence-corrected chi connectivity index (χ2v) is 8.33. The first kappa shape index (κ1) is 16.8. The van der Waals surface area contributed by atoms with Crippen molar-refractivity contribution >= 4 is 11.8 Å². The highest BCUT2D eigenvalue weighted by Gasteiger charge is 2.36. The Balaban J connectivity index is 2.05. The third kappa shape index (κ3) is 4.96. The normalized spacial score (nSPS) is 26.8. The van der Waals surface area contributed by atoms with Crippen LogP contribution < -0.4 is 5.32 Å². The first-order valence-corrected chi connectivity index (χ1v) is 9.05. The standard InChI is InChI=1S/C17H29N3S/c1-5-9-18-14-8-7-13(17(2,3)4)12-15(14)21-16-19-10-6-11-20-16/h6,10-11,13-15,18H,5,7-9,12H2,1-4H3. The van der Waals surface area contributed by atoms with E-state index in [-0.39, 0.29) is 0 Å². The Bertz CT molecular complexity index is 416. The molecule has 1 aliphatic carbocycles. The molecule has 3 unspecified atom stereocenters. The lowest BCUT2D eigenvalue weighted by molar-refractivity contribution is 0.165. The molecular weight excluding hydrogens is 278 g/mol. The van der Waals surface area contributed by atoms with Crippen LogP contribution in [0.2, 0.25) is 0 Å². The smallest absolute Gasteiger partial charge is 0.187 e. The highest BCUT2D eigenvalue weighted by atomic mass is 32.2. The van der Waals surface area contributed by atoms with Crippen LogP contribution in [0.3, 0.4) is 0 Å². The summed E-state index contributed by atoms with van der Waals surface area (Å²) in [6, 6.07) is 2.48. The number of aromatic nitrogens is 2. The van der Waals surface area contributed by atoms with Crippen LogP contribution in [0.5, 0.6) is 0 Å². The van der Waals surface area contributed by atoms with E-state index in [4.69, 9.17) is 0 Å². The molecule has 0 bridgehead atoms. The van der Waals surface area contributed by atoms with Gasteiger partial charge in [-0.25, -0.2) is 9.97 Å². The number of hydrogen-bond donors (Lipinski definition) is 1. The maximum absolute atomic E-state index is 4.40. The summed E-state index contributed by atoms with van der Waals surface area (Å²) in [6.45, 7) is 10.5. The fourth-order valence-corrected chi connectivity index (χ4v) is 4.33. The van der Waals surface area contributed by atoms with Gasteiger partial charge in [-0.2, -0.15) is 0 Å². The highest BCUT2D eigenvalue weighted by molar-refractivity contribution is 7.99. The lowest BCUT2D eigenvalue weighted by atomic mass is 9.71. The SMILES string of the molecule is CCCNC1CCC(C(C)(C)C)CC1Sc1ncccn1. The van der Waals surface area contributed by atoms with Gasteiger partial charge in [0.1, 0.15) is 0 Å². The second-order valence-electron chi connectivity index (χ2n) is 7.12. The monoisotopic (exact) mass is 307 g/mol. The predicted molar refractivity (Wildman–Crippen MR) is 90.6 cm³/mol. The van der Waals surface area contributed by atoms with Crippen molar-refractivity contribution in [3.05, 3.63) is 18.5 Å². The van der Waals surface area contributed by atoms with Gasteiger partial charge in [0.15, 0.2) is 5.16 Å². The van der Waals surface area contributed by atoms with E-state index in [2.05, 4.69) is 43.0 Å². The third-order valence-electron chi connectivity index (χ3n) is 4.47. The van der Waals surface area contributed by atoms with Gasteiger partial charge in [-0.15, -0.1) is 0 Å². The topological polar surface area (TPSA) is 37.8 Å². The molecule has 118 valence electrons. The molecule has 0 saturated heterocycles. The highest BCUT2D eigenvalue weighted by Crippen LogP contribution is 2.42. The fourth-order valence-electron chi connectivity index (χ4n) is 3.09. The van der Waals surface area contributed by atoms with E-state index < -0.39 is 0 Å². The molecule has 0 aromatic carbocycles. The molecule has 1 saturated carbocycles. The van der Waals surface area contributed by atoms with Crippen molar-refractivity contribution in [3.8, 4) is 0 Å². The molecule has 1 heterocycles. The molecule has 21 heavy (non-hydrogen) atoms. The van der Waals surface area contributed by atoms with Gasteiger partial charge < -0.3 is 5.32 Å². The van der Waals surface area contributed by atoms with Gasteiger partial charge >= 0.3 is 0 Å². The summed E-state index contributed by atoms with van der Waals surface area (Å²) in [7, 11) is 0. The minimum Gasteiger partial charge on any atom is -0.313 e. The van der Waals surface area contributed by atoms with Gasteiger partial charge in [-0.1, -0.05) is 39.5 Å². The Labute approximate surface area is 133 Å². The average Bonchev–Trinajstić information content (AvgIpc) is 2.46. The van der Waals surface area contributed by atoms with Crippen LogP contribution in [0, 0.1) is 11.3 Å². The summed E-state index contributed by atoms with van der Waals surface area (Å²) in [5.41, 5.74) is 0.395. The summed E-state index contributed by atoms with van der Waals surface area (Å²) in [6.07, 6.45) is 8.73. The Morgan fingerprint density at radius 3 is 2.57 bits per heavy atom. The first-order valence-electron chi connectivity index (χ1n) is 8.17. The maximum Gasteiger partial charge on any atom is 0.187 e. The van der Waals surface area contributed by atoms with Gasteiger partial charge in [0.2, 0.25) is 0 Å². The van der Waals surface area contributed by atoms with Gasteiger partial charge in [-0.3, -0.25) is 0 Å². The summed E-state index contributed by atoms with van der Waals surface area (Å²) in [5, 5.41) is 5.23. The van der Waals surface area contributed by atoms with Gasteiger partial charge in [0.25, 0.3) is 0 Å². The molecule has 2 rings (SSSR count). The molecule has 1 aromatic rings. The molecule has 1 aliphatic rings. The number of nitrogens with one attached hydrogen (secondary N) is 1. The molecule has 1 N–H and O–H groups in total. The van der Waals surface area contributed by atoms with Crippen molar-refractivity contribution in [1.82, 2.24) is 15.3 Å². The van der Waals surface area contributed by atoms with Crippen LogP contribution in [0.1, 0.15) is 53.4 Å². The molecule has 3 nitrogen and oxygen atoms in total. The molecule has 0 aliphatic heterocycles. The Kier molecular flexibility index (Phi) is 6.06. The third-order valence-corrected chi connectivity index (χ3v) is 5.72. The first-order chi connectivity index (χ1) is 10.0. The van der Waals surface area contributed by atoms with E-state index in [1.807, 2.05) is 30.2 Å². The molecule has 1 fully saturated rings. The van der Waals surface area contributed by atoms with E-state index in [1.54, 1.807) is 0 Å². The number of hydrogen-bond acceptors (Lipinski definition) is 4. The predicted octanol–water partition coefficient (Wildman–Crippen LogP) is 4.15. The maximum atomic E-state index is 4.40. The van der Waals surface area contributed by atoms with Gasteiger partial charge in [-0.05, 0) is 49.6 Å². The van der Waals surface area contributed by atoms with Crippen LogP contribution in [0.15, 0.2) is 23.6 Å². The van der Waals surface area contributed by atoms with Crippen molar-refractivity contribution in [2.75, 3.05) is 6.54 Å². The van der Waals surface area contributed by atoms with E-state index in [1.165, 1.54) is 25.7 Å². The molecule has 3 atom stereocenters. The number of nitrogens with zero attached hydrogens (tertiary/aromatic N) is 2. The molecular formula is C17H29N3S. The number of rotatable bonds is 5. The lowest BCUT2D eigenvalue weighted by Gasteiger charge is -2.41. The number of thioether (sulfide) groups is 1. The minimum absolute atomic E-state index is 0.395. The van der Waals surface area contributed by atoms with Crippen LogP contribution in [0.25, 0.3) is 0 Å². The largest absolute Gasteiger partial charge is 0.313 e. The lowest BCUT2D eigenvalue weighted by Crippen LogP contribution is -2.45. The molecule has 0 radical (unpaired) electrons. The summed E-state index contributed by atoms with van der Waals surface area (Å²) >= 11 is 1.86. The van der Waals surface area contributed by atoms with E-state index >= 15 is 0 Å². The van der Waals surface area contributed by atoms with Crippen molar-refractivity contribution in [3.63, 3.8) is 0 Å². The van der Waals surface area contributed by atoms with E-state index in [0.717, 1.165) is 17.6 Å². The average molecular weight is 308 g/mol. The Hall–Kier alpha value is -0.610. The van der Waals surface area contributed by atoms with Crippen molar-refractivity contribution in [2.24, 2.45) is 11.3 Å². The zero-order valence-electron chi connectivity index (χ0n) is 13.8. The van der Waals surface area contributed by atoms with Gasteiger partial charge in [0.05, 0.1) is 0 Å². The summed E-state index contributed by atoms with van der Waals surface area (Å²) in [5.74, 6) is 0.790. The van der Waals surface area contributed by atoms with Crippen LogP contribution >= 0.6 is 11.8 Å². The fraction of sp³-hybridized carbons (Fsp3) is 0.765. The molecule has 0 spiro atoms. The minimum atomic E-state index is 0.395. The van der Waals surface area contributed by atoms with Gasteiger partial charge in [0, 0.05) is 23.7 Å². The Morgan fingerprint density at radius 2 is 1.95 bits per heavy atom. The second kappa shape index (κ2) is 7.59. The van der Waals surface area contributed by atoms with Crippen molar-refractivity contribution in [1.29, 1.82) is 0 Å². The van der Waals surface area contributed by atoms with Crippen LogP contribution in [-0.2, 0) is 0 Å². The molecule has 1 aromatic heterocycles. The van der Waals surface area contributed by atoms with Crippen LogP contribution in [0.4, 0.5) is 0 Å². The van der Waals surface area contributed by atoms with Crippen molar-refractivity contribution < 1.29 is 0 Å². The molecule has 4 heteroatoms. The summed E-state index contributed by atoms with van der Waals surface area (Å²) in [4.78, 5) is 8.80. The zero-order chi connectivity index (χ0) is 15.3.